The predicted molar refractivity (Wildman–Crippen MR) is 46.1 cm³/mol. The van der Waals surface area contributed by atoms with E-state index < -0.39 is 9.05 Å². The van der Waals surface area contributed by atoms with E-state index in [4.69, 9.17) is 10.7 Å². The lowest BCUT2D eigenvalue weighted by Crippen LogP contribution is -2.18. The fraction of sp³-hybridized carbons (Fsp3) is 1.00. The van der Waals surface area contributed by atoms with Crippen LogP contribution >= 0.6 is 10.7 Å². The Bertz CT molecular complexity index is 235. The Morgan fingerprint density at radius 2 is 2.09 bits per heavy atom. The van der Waals surface area contributed by atoms with Gasteiger partial charge in [0.05, 0.1) is 5.25 Å². The van der Waals surface area contributed by atoms with E-state index in [-0.39, 0.29) is 5.25 Å². The topological polar surface area (TPSA) is 34.1 Å². The summed E-state index contributed by atoms with van der Waals surface area (Å²) >= 11 is 0. The van der Waals surface area contributed by atoms with Crippen molar-refractivity contribution in [2.75, 3.05) is 0 Å². The maximum absolute atomic E-state index is 11.0. The molecular weight excluding hydrogens is 184 g/mol. The lowest BCUT2D eigenvalue weighted by atomic mass is 10.2. The van der Waals surface area contributed by atoms with E-state index in [1.807, 2.05) is 6.92 Å². The van der Waals surface area contributed by atoms with Crippen LogP contribution in [0.15, 0.2) is 0 Å². The fourth-order valence-electron chi connectivity index (χ4n) is 1.58. The summed E-state index contributed by atoms with van der Waals surface area (Å²) in [6.07, 6.45) is 1.66. The van der Waals surface area contributed by atoms with Gasteiger partial charge in [-0.25, -0.2) is 8.42 Å². The zero-order valence-corrected chi connectivity index (χ0v) is 8.32. The normalized spacial score (nSPS) is 33.4. The summed E-state index contributed by atoms with van der Waals surface area (Å²) in [6.45, 7) is 3.94. The highest BCUT2D eigenvalue weighted by molar-refractivity contribution is 8.14. The minimum absolute atomic E-state index is 0.306. The molecule has 0 aromatic rings. The molecule has 3 unspecified atom stereocenters. The molecule has 1 aliphatic carbocycles. The summed E-state index contributed by atoms with van der Waals surface area (Å²) in [4.78, 5) is 0. The Balaban J connectivity index is 2.66. The first-order valence-electron chi connectivity index (χ1n) is 3.90. The summed E-state index contributed by atoms with van der Waals surface area (Å²) in [5.41, 5.74) is 0. The van der Waals surface area contributed by atoms with Crippen molar-refractivity contribution >= 4 is 19.7 Å². The Morgan fingerprint density at radius 3 is 2.18 bits per heavy atom. The summed E-state index contributed by atoms with van der Waals surface area (Å²) in [7, 11) is 1.96. The van der Waals surface area contributed by atoms with Gasteiger partial charge in [-0.1, -0.05) is 13.8 Å². The van der Waals surface area contributed by atoms with Crippen LogP contribution in [0.5, 0.6) is 0 Å². The van der Waals surface area contributed by atoms with E-state index in [9.17, 15) is 8.42 Å². The van der Waals surface area contributed by atoms with Gasteiger partial charge in [0.2, 0.25) is 9.05 Å². The predicted octanol–water partition coefficient (Wildman–Crippen LogP) is 1.99. The van der Waals surface area contributed by atoms with Gasteiger partial charge in [0.15, 0.2) is 0 Å². The molecule has 1 aliphatic rings. The molecule has 0 saturated heterocycles. The molecule has 0 aliphatic heterocycles. The summed E-state index contributed by atoms with van der Waals surface area (Å²) in [5, 5.41) is -0.306. The van der Waals surface area contributed by atoms with Crippen molar-refractivity contribution in [2.24, 2.45) is 11.8 Å². The summed E-state index contributed by atoms with van der Waals surface area (Å²) in [5.74, 6) is 0.871. The maximum atomic E-state index is 11.0. The molecule has 66 valence electrons. The molecule has 0 N–H and O–H groups in total. The molecule has 0 heterocycles. The number of hydrogen-bond donors (Lipinski definition) is 0. The second kappa shape index (κ2) is 2.94. The summed E-state index contributed by atoms with van der Waals surface area (Å²) < 4.78 is 21.9. The molecule has 1 fully saturated rings. The molecule has 0 amide bonds. The minimum Gasteiger partial charge on any atom is -0.212 e. The molecule has 1 rings (SSSR count). The average Bonchev–Trinajstić information content (AvgIpc) is 2.45. The molecule has 11 heavy (non-hydrogen) atoms. The SMILES string of the molecule is CCC(C1CC1C)S(=O)(=O)Cl. The van der Waals surface area contributed by atoms with Crippen molar-refractivity contribution in [3.05, 3.63) is 0 Å². The quantitative estimate of drug-likeness (QED) is 0.647. The smallest absolute Gasteiger partial charge is 0.212 e. The molecule has 4 heteroatoms. The third-order valence-corrected chi connectivity index (χ3v) is 4.51. The Labute approximate surface area is 72.4 Å². The van der Waals surface area contributed by atoms with Crippen LogP contribution in [-0.4, -0.2) is 13.7 Å². The van der Waals surface area contributed by atoms with Crippen molar-refractivity contribution in [2.45, 2.75) is 31.9 Å². The van der Waals surface area contributed by atoms with Crippen LogP contribution < -0.4 is 0 Å². The zero-order valence-electron chi connectivity index (χ0n) is 6.75. The largest absolute Gasteiger partial charge is 0.235 e. The van der Waals surface area contributed by atoms with E-state index in [0.29, 0.717) is 18.3 Å². The number of rotatable bonds is 3. The van der Waals surface area contributed by atoms with Crippen LogP contribution in [0.2, 0.25) is 0 Å². The van der Waals surface area contributed by atoms with Crippen LogP contribution in [0.1, 0.15) is 26.7 Å². The minimum atomic E-state index is -3.31. The van der Waals surface area contributed by atoms with E-state index in [1.54, 1.807) is 0 Å². The van der Waals surface area contributed by atoms with Gasteiger partial charge >= 0.3 is 0 Å². The Morgan fingerprint density at radius 1 is 1.64 bits per heavy atom. The lowest BCUT2D eigenvalue weighted by Gasteiger charge is -2.08. The summed E-state index contributed by atoms with van der Waals surface area (Å²) in [6, 6.07) is 0. The van der Waals surface area contributed by atoms with Gasteiger partial charge in [0.25, 0.3) is 0 Å². The van der Waals surface area contributed by atoms with Crippen LogP contribution in [0.4, 0.5) is 0 Å². The van der Waals surface area contributed by atoms with Crippen molar-refractivity contribution < 1.29 is 8.42 Å². The van der Waals surface area contributed by atoms with Crippen molar-refractivity contribution in [3.63, 3.8) is 0 Å². The second-order valence-electron chi connectivity index (χ2n) is 3.30. The molecule has 0 radical (unpaired) electrons. The second-order valence-corrected chi connectivity index (χ2v) is 6.15. The molecule has 3 atom stereocenters. The van der Waals surface area contributed by atoms with Crippen molar-refractivity contribution in [1.29, 1.82) is 0 Å². The molecule has 1 saturated carbocycles. The molecule has 0 aromatic heterocycles. The van der Waals surface area contributed by atoms with Crippen molar-refractivity contribution in [3.8, 4) is 0 Å². The first kappa shape index (κ1) is 9.33. The first-order chi connectivity index (χ1) is 4.96. The van der Waals surface area contributed by atoms with E-state index in [1.165, 1.54) is 0 Å². The van der Waals surface area contributed by atoms with Gasteiger partial charge in [0, 0.05) is 10.7 Å². The third-order valence-electron chi connectivity index (χ3n) is 2.41. The highest BCUT2D eigenvalue weighted by Crippen LogP contribution is 2.44. The fourth-order valence-corrected chi connectivity index (χ4v) is 3.55. The molecule has 0 spiro atoms. The van der Waals surface area contributed by atoms with Gasteiger partial charge < -0.3 is 0 Å². The highest BCUT2D eigenvalue weighted by Gasteiger charge is 2.44. The number of halogens is 1. The van der Waals surface area contributed by atoms with E-state index in [0.717, 1.165) is 6.42 Å². The Hall–Kier alpha value is 0.240. The van der Waals surface area contributed by atoms with Gasteiger partial charge in [0.1, 0.15) is 0 Å². The van der Waals surface area contributed by atoms with Crippen LogP contribution in [-0.2, 0) is 9.05 Å². The monoisotopic (exact) mass is 196 g/mol. The number of hydrogen-bond acceptors (Lipinski definition) is 2. The van der Waals surface area contributed by atoms with Gasteiger partial charge in [-0.15, -0.1) is 0 Å². The Kier molecular flexibility index (Phi) is 2.49. The first-order valence-corrected chi connectivity index (χ1v) is 6.27. The van der Waals surface area contributed by atoms with Crippen LogP contribution in [0.25, 0.3) is 0 Å². The van der Waals surface area contributed by atoms with Crippen LogP contribution in [0, 0.1) is 11.8 Å². The zero-order chi connectivity index (χ0) is 8.65. The highest BCUT2D eigenvalue weighted by atomic mass is 35.7. The standard InChI is InChI=1S/C7H13ClO2S/c1-3-7(11(8,9)10)6-4-5(6)2/h5-7H,3-4H2,1-2H3. The molecule has 2 nitrogen and oxygen atoms in total. The van der Waals surface area contributed by atoms with Gasteiger partial charge in [-0.2, -0.15) is 0 Å². The van der Waals surface area contributed by atoms with Gasteiger partial charge in [-0.3, -0.25) is 0 Å². The van der Waals surface area contributed by atoms with Crippen molar-refractivity contribution in [1.82, 2.24) is 0 Å². The van der Waals surface area contributed by atoms with E-state index >= 15 is 0 Å². The maximum Gasteiger partial charge on any atom is 0.235 e. The van der Waals surface area contributed by atoms with E-state index in [2.05, 4.69) is 6.92 Å². The molecule has 0 bridgehead atoms. The van der Waals surface area contributed by atoms with Gasteiger partial charge in [-0.05, 0) is 24.7 Å². The molecule has 0 aromatic carbocycles. The third kappa shape index (κ3) is 2.09. The molecular formula is C7H13ClO2S. The average molecular weight is 197 g/mol. The van der Waals surface area contributed by atoms with Crippen LogP contribution in [0.3, 0.4) is 0 Å². The lowest BCUT2D eigenvalue weighted by molar-refractivity contribution is 0.567.